The summed E-state index contributed by atoms with van der Waals surface area (Å²) in [6.45, 7) is 4.25. The van der Waals surface area contributed by atoms with Crippen molar-refractivity contribution < 1.29 is 23.8 Å². The van der Waals surface area contributed by atoms with Gasteiger partial charge in [0.1, 0.15) is 6.54 Å². The van der Waals surface area contributed by atoms with E-state index in [-0.39, 0.29) is 31.8 Å². The molecule has 32 heavy (non-hydrogen) atoms. The number of fused-ring (bicyclic) bond motifs is 2. The molecule has 0 bridgehead atoms. The number of carbonyl (C=O) groups excluding carboxylic acids is 2. The number of ether oxygens (including phenoxy) is 3. The molecule has 1 aliphatic rings. The second-order valence-electron chi connectivity index (χ2n) is 7.22. The summed E-state index contributed by atoms with van der Waals surface area (Å²) < 4.78 is 18.6. The molecule has 1 aliphatic heterocycles. The van der Waals surface area contributed by atoms with Crippen molar-refractivity contribution >= 4 is 45.2 Å². The van der Waals surface area contributed by atoms with Crippen LogP contribution < -0.4 is 14.3 Å². The van der Waals surface area contributed by atoms with Crippen LogP contribution in [0.15, 0.2) is 46.3 Å². The van der Waals surface area contributed by atoms with Crippen LogP contribution in [0.1, 0.15) is 25.3 Å². The van der Waals surface area contributed by atoms with Crippen molar-refractivity contribution in [1.29, 1.82) is 0 Å². The highest BCUT2D eigenvalue weighted by Crippen LogP contribution is 2.37. The van der Waals surface area contributed by atoms with Crippen molar-refractivity contribution in [3.05, 3.63) is 46.8 Å². The molecule has 168 valence electrons. The molecule has 1 aromatic heterocycles. The average molecular weight is 473 g/mol. The fraction of sp³-hybridized carbons (Fsp3) is 0.348. The monoisotopic (exact) mass is 472 g/mol. The second-order valence-corrected chi connectivity index (χ2v) is 9.40. The van der Waals surface area contributed by atoms with Crippen LogP contribution in [0, 0.1) is 6.92 Å². The van der Waals surface area contributed by atoms with Gasteiger partial charge in [0.25, 0.3) is 0 Å². The third kappa shape index (κ3) is 5.34. The van der Waals surface area contributed by atoms with Crippen molar-refractivity contribution in [1.82, 2.24) is 4.57 Å². The number of thiazole rings is 1. The molecule has 2 aromatic carbocycles. The Bertz CT molecular complexity index is 1200. The maximum Gasteiger partial charge on any atom is 0.326 e. The number of carbonyl (C=O) groups is 2. The molecule has 7 nitrogen and oxygen atoms in total. The Kier molecular flexibility index (Phi) is 7.16. The van der Waals surface area contributed by atoms with Gasteiger partial charge in [-0.15, -0.1) is 11.8 Å². The third-order valence-corrected chi connectivity index (χ3v) is 6.95. The zero-order valence-corrected chi connectivity index (χ0v) is 19.6. The van der Waals surface area contributed by atoms with E-state index < -0.39 is 0 Å². The Morgan fingerprint density at radius 3 is 2.69 bits per heavy atom. The summed E-state index contributed by atoms with van der Waals surface area (Å²) in [7, 11) is 0. The van der Waals surface area contributed by atoms with Gasteiger partial charge in [0.05, 0.1) is 16.8 Å². The highest BCUT2D eigenvalue weighted by molar-refractivity contribution is 7.99. The number of esters is 1. The van der Waals surface area contributed by atoms with Crippen LogP contribution in [0.5, 0.6) is 11.5 Å². The molecule has 4 rings (SSSR count). The molecular weight excluding hydrogens is 448 g/mol. The van der Waals surface area contributed by atoms with E-state index in [2.05, 4.69) is 36.2 Å². The van der Waals surface area contributed by atoms with Crippen molar-refractivity contribution in [2.45, 2.75) is 38.1 Å². The first-order valence-corrected chi connectivity index (χ1v) is 12.2. The predicted octanol–water partition coefficient (Wildman–Crippen LogP) is 4.30. The number of aromatic nitrogens is 1. The molecule has 2 heterocycles. The maximum absolute atomic E-state index is 12.6. The Hall–Kier alpha value is -2.78. The summed E-state index contributed by atoms with van der Waals surface area (Å²) >= 11 is 3.07. The maximum atomic E-state index is 12.6. The molecule has 0 radical (unpaired) electrons. The fourth-order valence-corrected chi connectivity index (χ4v) is 5.15. The lowest BCUT2D eigenvalue weighted by Gasteiger charge is -2.05. The first-order valence-electron chi connectivity index (χ1n) is 10.4. The Labute approximate surface area is 194 Å². The van der Waals surface area contributed by atoms with Crippen LogP contribution in [-0.4, -0.2) is 35.6 Å². The van der Waals surface area contributed by atoms with Gasteiger partial charge in [0.15, 0.2) is 16.3 Å². The summed E-state index contributed by atoms with van der Waals surface area (Å²) in [6, 6.07) is 12.0. The smallest absolute Gasteiger partial charge is 0.326 e. The Balaban J connectivity index is 1.50. The van der Waals surface area contributed by atoms with Crippen molar-refractivity contribution in [2.75, 3.05) is 19.2 Å². The van der Waals surface area contributed by atoms with Crippen molar-refractivity contribution in [3.8, 4) is 11.5 Å². The fourth-order valence-electron chi connectivity index (χ4n) is 3.24. The molecular formula is C23H24N2O5S2. The molecule has 0 atom stereocenters. The molecule has 1 amide bonds. The van der Waals surface area contributed by atoms with Gasteiger partial charge in [0, 0.05) is 23.4 Å². The number of thioether (sulfide) groups is 1. The molecule has 0 saturated carbocycles. The van der Waals surface area contributed by atoms with E-state index in [0.717, 1.165) is 22.4 Å². The number of hydrogen-bond donors (Lipinski definition) is 0. The first kappa shape index (κ1) is 22.4. The number of rotatable bonds is 8. The summed E-state index contributed by atoms with van der Waals surface area (Å²) in [6.07, 6.45) is 1.06. The highest BCUT2D eigenvalue weighted by Gasteiger charge is 2.19. The molecule has 0 N–H and O–H groups in total. The van der Waals surface area contributed by atoms with Crippen LogP contribution in [-0.2, 0) is 20.9 Å². The molecule has 0 fully saturated rings. The van der Waals surface area contributed by atoms with Gasteiger partial charge in [0.2, 0.25) is 12.7 Å². The van der Waals surface area contributed by atoms with Crippen LogP contribution in [0.4, 0.5) is 0 Å². The molecule has 0 aliphatic carbocycles. The number of hydrogen-bond acceptors (Lipinski definition) is 7. The zero-order chi connectivity index (χ0) is 22.5. The van der Waals surface area contributed by atoms with Crippen molar-refractivity contribution in [3.63, 3.8) is 0 Å². The van der Waals surface area contributed by atoms with Crippen molar-refractivity contribution in [2.24, 2.45) is 4.99 Å². The molecule has 0 spiro atoms. The van der Waals surface area contributed by atoms with Crippen LogP contribution in [0.25, 0.3) is 10.2 Å². The Morgan fingerprint density at radius 2 is 1.94 bits per heavy atom. The number of amides is 1. The zero-order valence-electron chi connectivity index (χ0n) is 18.0. The predicted molar refractivity (Wildman–Crippen MR) is 124 cm³/mol. The van der Waals surface area contributed by atoms with Crippen LogP contribution >= 0.6 is 23.1 Å². The number of benzene rings is 2. The van der Waals surface area contributed by atoms with Gasteiger partial charge in [-0.05, 0) is 38.2 Å². The highest BCUT2D eigenvalue weighted by atomic mass is 32.2. The minimum absolute atomic E-state index is 0.0249. The Morgan fingerprint density at radius 1 is 1.19 bits per heavy atom. The van der Waals surface area contributed by atoms with E-state index in [4.69, 9.17) is 14.2 Å². The number of aryl methyl sites for hydroxylation is 1. The van der Waals surface area contributed by atoms with Gasteiger partial charge in [-0.2, -0.15) is 4.99 Å². The lowest BCUT2D eigenvalue weighted by molar-refractivity contribution is -0.143. The third-order valence-electron chi connectivity index (χ3n) is 4.81. The van der Waals surface area contributed by atoms with Gasteiger partial charge in [-0.1, -0.05) is 29.0 Å². The lowest BCUT2D eigenvalue weighted by atomic mass is 10.2. The van der Waals surface area contributed by atoms with Gasteiger partial charge < -0.3 is 18.8 Å². The van der Waals surface area contributed by atoms with Gasteiger partial charge in [-0.25, -0.2) is 0 Å². The van der Waals surface area contributed by atoms with E-state index in [0.29, 0.717) is 22.7 Å². The van der Waals surface area contributed by atoms with Crippen LogP contribution in [0.2, 0.25) is 0 Å². The summed E-state index contributed by atoms with van der Waals surface area (Å²) in [5.41, 5.74) is 1.99. The molecule has 9 heteroatoms. The quantitative estimate of drug-likeness (QED) is 0.276. The van der Waals surface area contributed by atoms with E-state index in [1.807, 2.05) is 12.1 Å². The topological polar surface area (TPSA) is 79.1 Å². The van der Waals surface area contributed by atoms with E-state index in [1.165, 1.54) is 21.8 Å². The molecule has 0 saturated heterocycles. The first-order chi connectivity index (χ1) is 15.5. The van der Waals surface area contributed by atoms with Gasteiger partial charge >= 0.3 is 5.97 Å². The molecule has 0 unspecified atom stereocenters. The number of nitrogens with zero attached hydrogens (tertiary/aromatic N) is 2. The lowest BCUT2D eigenvalue weighted by Crippen LogP contribution is -2.23. The normalized spacial score (nSPS) is 13.0. The second kappa shape index (κ2) is 10.2. The SMILES string of the molecule is CCOC(=O)Cn1c(=NC(=O)CCCSc2ccc(C)cc2)sc2cc3c(cc21)OCO3. The summed E-state index contributed by atoms with van der Waals surface area (Å²) in [5, 5.41) is 0. The largest absolute Gasteiger partial charge is 0.465 e. The van der Waals surface area contributed by atoms with E-state index >= 15 is 0 Å². The molecule has 3 aromatic rings. The van der Waals surface area contributed by atoms with E-state index in [9.17, 15) is 9.59 Å². The van der Waals surface area contributed by atoms with Crippen LogP contribution in [0.3, 0.4) is 0 Å². The summed E-state index contributed by atoms with van der Waals surface area (Å²) in [5.74, 6) is 1.50. The average Bonchev–Trinajstić information content (AvgIpc) is 3.35. The minimum Gasteiger partial charge on any atom is -0.465 e. The standard InChI is InChI=1S/C23H24N2O5S2/c1-3-28-22(27)13-25-17-11-18-19(30-14-29-18)12-20(17)32-23(25)24-21(26)5-4-10-31-16-8-6-15(2)7-9-16/h6-9,11-12H,3-5,10,13-14H2,1-2H3. The minimum atomic E-state index is -0.381. The van der Waals surface area contributed by atoms with Gasteiger partial charge in [-0.3, -0.25) is 9.59 Å². The summed E-state index contributed by atoms with van der Waals surface area (Å²) in [4.78, 5) is 30.7. The van der Waals surface area contributed by atoms with E-state index in [1.54, 1.807) is 23.3 Å².